The van der Waals surface area contributed by atoms with Gasteiger partial charge in [-0.2, -0.15) is 0 Å². The fourth-order valence-corrected chi connectivity index (χ4v) is 3.53. The number of benzene rings is 3. The van der Waals surface area contributed by atoms with E-state index in [0.717, 1.165) is 6.42 Å². The van der Waals surface area contributed by atoms with E-state index >= 15 is 0 Å². The van der Waals surface area contributed by atoms with Crippen LogP contribution in [0.2, 0.25) is 0 Å². The molecule has 0 spiro atoms. The zero-order valence-corrected chi connectivity index (χ0v) is 15.4. The molecule has 0 bridgehead atoms. The van der Waals surface area contributed by atoms with Crippen molar-refractivity contribution in [2.24, 2.45) is 5.92 Å². The third-order valence-corrected chi connectivity index (χ3v) is 5.03. The molecule has 0 aliphatic carbocycles. The third kappa shape index (κ3) is 4.82. The van der Waals surface area contributed by atoms with Crippen LogP contribution in [0.4, 0.5) is 0 Å². The first-order valence-electron chi connectivity index (χ1n) is 9.47. The van der Waals surface area contributed by atoms with Gasteiger partial charge in [0.2, 0.25) is 0 Å². The normalized spacial score (nSPS) is 12.1. The van der Waals surface area contributed by atoms with Crippen LogP contribution >= 0.6 is 0 Å². The van der Waals surface area contributed by atoms with Crippen LogP contribution in [0.5, 0.6) is 0 Å². The Balaban J connectivity index is 1.66. The van der Waals surface area contributed by atoms with Crippen molar-refractivity contribution in [2.75, 3.05) is 0 Å². The highest BCUT2D eigenvalue weighted by molar-refractivity contribution is 5.64. The smallest absolute Gasteiger partial charge is 0.0181 e. The van der Waals surface area contributed by atoms with Gasteiger partial charge in [-0.15, -0.1) is 0 Å². The van der Waals surface area contributed by atoms with Crippen LogP contribution in [-0.2, 0) is 19.3 Å². The van der Waals surface area contributed by atoms with E-state index < -0.39 is 0 Å². The minimum absolute atomic E-state index is 0.709. The average molecular weight is 328 g/mol. The first-order valence-corrected chi connectivity index (χ1v) is 9.47. The van der Waals surface area contributed by atoms with E-state index in [1.54, 1.807) is 0 Å². The molecular formula is C25H28. The minimum atomic E-state index is 0.709. The molecule has 0 saturated heterocycles. The zero-order chi connectivity index (χ0) is 17.5. The molecule has 0 unspecified atom stereocenters. The molecule has 0 radical (unpaired) electrons. The maximum absolute atomic E-state index is 2.38. The van der Waals surface area contributed by atoms with Crippen molar-refractivity contribution < 1.29 is 0 Å². The van der Waals surface area contributed by atoms with Crippen LogP contribution in [0.3, 0.4) is 0 Å². The molecule has 3 aromatic rings. The van der Waals surface area contributed by atoms with Crippen LogP contribution in [0, 0.1) is 5.92 Å². The second kappa shape index (κ2) is 8.67. The molecule has 0 heteroatoms. The van der Waals surface area contributed by atoms with E-state index in [9.17, 15) is 0 Å². The molecule has 0 heterocycles. The molecule has 3 aromatic carbocycles. The fourth-order valence-electron chi connectivity index (χ4n) is 3.53. The van der Waals surface area contributed by atoms with Crippen LogP contribution in [-0.4, -0.2) is 0 Å². The number of aryl methyl sites for hydroxylation is 2. The molecule has 0 aliphatic rings. The topological polar surface area (TPSA) is 0 Å². The second-order valence-corrected chi connectivity index (χ2v) is 7.04. The maximum atomic E-state index is 2.38. The Labute approximate surface area is 152 Å². The quantitative estimate of drug-likeness (QED) is 0.451. The molecule has 25 heavy (non-hydrogen) atoms. The summed E-state index contributed by atoms with van der Waals surface area (Å²) in [7, 11) is 0. The van der Waals surface area contributed by atoms with Gasteiger partial charge in [-0.1, -0.05) is 92.7 Å². The Kier molecular flexibility index (Phi) is 6.06. The highest BCUT2D eigenvalue weighted by Gasteiger charge is 2.08. The highest BCUT2D eigenvalue weighted by Crippen LogP contribution is 2.25. The van der Waals surface area contributed by atoms with Crippen LogP contribution < -0.4 is 0 Å². The Morgan fingerprint density at radius 3 is 2.08 bits per heavy atom. The first-order chi connectivity index (χ1) is 12.3. The van der Waals surface area contributed by atoms with Gasteiger partial charge in [-0.3, -0.25) is 0 Å². The van der Waals surface area contributed by atoms with Gasteiger partial charge in [-0.25, -0.2) is 0 Å². The van der Waals surface area contributed by atoms with Gasteiger partial charge >= 0.3 is 0 Å². The Bertz CT molecular complexity index is 772. The molecule has 0 amide bonds. The highest BCUT2D eigenvalue weighted by atomic mass is 14.1. The van der Waals surface area contributed by atoms with E-state index in [4.69, 9.17) is 0 Å². The van der Waals surface area contributed by atoms with Crippen molar-refractivity contribution >= 4 is 0 Å². The first kappa shape index (κ1) is 17.5. The number of hydrogen-bond donors (Lipinski definition) is 0. The monoisotopic (exact) mass is 328 g/mol. The summed E-state index contributed by atoms with van der Waals surface area (Å²) >= 11 is 0. The predicted molar refractivity (Wildman–Crippen MR) is 109 cm³/mol. The Morgan fingerprint density at radius 2 is 1.40 bits per heavy atom. The lowest BCUT2D eigenvalue weighted by atomic mass is 9.91. The van der Waals surface area contributed by atoms with Gasteiger partial charge in [0.25, 0.3) is 0 Å². The average Bonchev–Trinajstić information content (AvgIpc) is 2.67. The summed E-state index contributed by atoms with van der Waals surface area (Å²) in [5.41, 5.74) is 7.10. The standard InChI is InChI=1S/C25H28/c1-3-22-19-25(23-12-8-5-9-13-23)17-16-24(22)15-14-20(2)18-21-10-6-4-7-11-21/h4-13,16-17,19-20H,3,14-15,18H2,1-2H3/t20-/m0/s1. The molecule has 0 aromatic heterocycles. The van der Waals surface area contributed by atoms with Gasteiger partial charge in [-0.05, 0) is 59.4 Å². The maximum Gasteiger partial charge on any atom is -0.0181 e. The SMILES string of the molecule is CCc1cc(-c2ccccc2)ccc1CC[C@H](C)Cc1ccccc1. The lowest BCUT2D eigenvalue weighted by molar-refractivity contribution is 0.529. The van der Waals surface area contributed by atoms with Crippen LogP contribution in [0.1, 0.15) is 37.0 Å². The van der Waals surface area contributed by atoms with Gasteiger partial charge < -0.3 is 0 Å². The Hall–Kier alpha value is -2.34. The van der Waals surface area contributed by atoms with Crippen molar-refractivity contribution in [3.05, 3.63) is 95.6 Å². The van der Waals surface area contributed by atoms with E-state index in [1.165, 1.54) is 47.1 Å². The number of rotatable bonds is 7. The van der Waals surface area contributed by atoms with Crippen molar-refractivity contribution in [1.29, 1.82) is 0 Å². The van der Waals surface area contributed by atoms with Crippen molar-refractivity contribution in [3.8, 4) is 11.1 Å². The largest absolute Gasteiger partial charge is 0.0622 e. The summed E-state index contributed by atoms with van der Waals surface area (Å²) in [4.78, 5) is 0. The molecule has 0 nitrogen and oxygen atoms in total. The molecule has 1 atom stereocenters. The summed E-state index contributed by atoms with van der Waals surface area (Å²) in [5.74, 6) is 0.709. The lowest BCUT2D eigenvalue weighted by Crippen LogP contribution is -2.03. The van der Waals surface area contributed by atoms with Crippen molar-refractivity contribution in [1.82, 2.24) is 0 Å². The molecule has 0 saturated carbocycles. The third-order valence-electron chi connectivity index (χ3n) is 5.03. The van der Waals surface area contributed by atoms with Gasteiger partial charge in [0.1, 0.15) is 0 Å². The summed E-state index contributed by atoms with van der Waals surface area (Å²) < 4.78 is 0. The summed E-state index contributed by atoms with van der Waals surface area (Å²) in [6.45, 7) is 4.64. The minimum Gasteiger partial charge on any atom is -0.0622 e. The molecular weight excluding hydrogens is 300 g/mol. The summed E-state index contributed by atoms with van der Waals surface area (Å²) in [6.07, 6.45) is 4.69. The Morgan fingerprint density at radius 1 is 0.720 bits per heavy atom. The molecule has 0 aliphatic heterocycles. The second-order valence-electron chi connectivity index (χ2n) is 7.04. The van der Waals surface area contributed by atoms with Gasteiger partial charge in [0, 0.05) is 0 Å². The summed E-state index contributed by atoms with van der Waals surface area (Å²) in [6, 6.07) is 28.5. The van der Waals surface area contributed by atoms with Crippen LogP contribution in [0.25, 0.3) is 11.1 Å². The van der Waals surface area contributed by atoms with E-state index in [0.29, 0.717) is 5.92 Å². The van der Waals surface area contributed by atoms with Crippen molar-refractivity contribution in [2.45, 2.75) is 39.5 Å². The van der Waals surface area contributed by atoms with Crippen LogP contribution in [0.15, 0.2) is 78.9 Å². The van der Waals surface area contributed by atoms with E-state index in [2.05, 4.69) is 92.7 Å². The fraction of sp³-hybridized carbons (Fsp3) is 0.280. The molecule has 3 rings (SSSR count). The molecule has 0 N–H and O–H groups in total. The molecule has 128 valence electrons. The zero-order valence-electron chi connectivity index (χ0n) is 15.4. The van der Waals surface area contributed by atoms with E-state index in [1.807, 2.05) is 0 Å². The number of hydrogen-bond acceptors (Lipinski definition) is 0. The van der Waals surface area contributed by atoms with Gasteiger partial charge in [0.15, 0.2) is 0 Å². The van der Waals surface area contributed by atoms with Gasteiger partial charge in [0.05, 0.1) is 0 Å². The lowest BCUT2D eigenvalue weighted by Gasteiger charge is -2.15. The summed E-state index contributed by atoms with van der Waals surface area (Å²) in [5, 5.41) is 0. The van der Waals surface area contributed by atoms with E-state index in [-0.39, 0.29) is 0 Å². The van der Waals surface area contributed by atoms with Crippen molar-refractivity contribution in [3.63, 3.8) is 0 Å². The predicted octanol–water partition coefficient (Wildman–Crippen LogP) is 6.73. The molecule has 0 fully saturated rings.